The van der Waals surface area contributed by atoms with E-state index < -0.39 is 12.2 Å². The van der Waals surface area contributed by atoms with E-state index >= 15 is 0 Å². The summed E-state index contributed by atoms with van der Waals surface area (Å²) in [5, 5.41) is -0.173. The van der Waals surface area contributed by atoms with E-state index in [0.29, 0.717) is 24.0 Å². The molecule has 1 saturated heterocycles. The van der Waals surface area contributed by atoms with Crippen LogP contribution in [0.2, 0.25) is 0 Å². The van der Waals surface area contributed by atoms with Gasteiger partial charge < -0.3 is 4.74 Å². The Morgan fingerprint density at radius 1 is 0.810 bits per heavy atom. The molecule has 1 unspecified atom stereocenters. The lowest BCUT2D eigenvalue weighted by Crippen LogP contribution is -2.24. The molecule has 0 amide bonds. The van der Waals surface area contributed by atoms with E-state index in [1.807, 2.05) is 0 Å². The fourth-order valence-corrected chi connectivity index (χ4v) is 3.07. The van der Waals surface area contributed by atoms with Crippen LogP contribution in [0.1, 0.15) is 36.2 Å². The Kier molecular flexibility index (Phi) is 4.22. The van der Waals surface area contributed by atoms with Crippen LogP contribution in [0.5, 0.6) is 0 Å². The van der Waals surface area contributed by atoms with E-state index in [9.17, 15) is 8.78 Å². The van der Waals surface area contributed by atoms with Gasteiger partial charge in [0.25, 0.3) is 0 Å². The number of hydrogen-bond donors (Lipinski definition) is 0. The standard InChI is InChI=1S/C17H15ClF2O/c18-11-9-16(12-5-1-3-7-14(12)19)21-17(10-11)13-6-2-4-8-15(13)20/h1-8,11,16-17H,9-10H2/t11?,16-,17+. The van der Waals surface area contributed by atoms with Crippen molar-refractivity contribution in [3.63, 3.8) is 0 Å². The Bertz CT molecular complexity index is 578. The summed E-state index contributed by atoms with van der Waals surface area (Å²) in [5.74, 6) is -0.638. The van der Waals surface area contributed by atoms with Crippen molar-refractivity contribution in [2.45, 2.75) is 30.4 Å². The van der Waals surface area contributed by atoms with Gasteiger partial charge in [-0.2, -0.15) is 0 Å². The topological polar surface area (TPSA) is 9.23 Å². The van der Waals surface area contributed by atoms with Crippen molar-refractivity contribution in [3.05, 3.63) is 71.3 Å². The fourth-order valence-electron chi connectivity index (χ4n) is 2.74. The SMILES string of the molecule is Fc1ccccc1[C@@H]1CC(Cl)C[C@H](c2ccccc2F)O1. The summed E-state index contributed by atoms with van der Waals surface area (Å²) >= 11 is 6.29. The highest BCUT2D eigenvalue weighted by atomic mass is 35.5. The molecular weight excluding hydrogens is 294 g/mol. The van der Waals surface area contributed by atoms with Crippen LogP contribution in [0.15, 0.2) is 48.5 Å². The van der Waals surface area contributed by atoms with Crippen LogP contribution in [-0.2, 0) is 4.74 Å². The molecule has 1 fully saturated rings. The van der Waals surface area contributed by atoms with Gasteiger partial charge in [0.15, 0.2) is 0 Å². The summed E-state index contributed by atoms with van der Waals surface area (Å²) in [6.07, 6.45) is 0.139. The van der Waals surface area contributed by atoms with Crippen molar-refractivity contribution >= 4 is 11.6 Å². The highest BCUT2D eigenvalue weighted by Crippen LogP contribution is 2.41. The number of halogens is 3. The largest absolute Gasteiger partial charge is 0.365 e. The van der Waals surface area contributed by atoms with Gasteiger partial charge in [-0.05, 0) is 25.0 Å². The third-order valence-electron chi connectivity index (χ3n) is 3.77. The maximum Gasteiger partial charge on any atom is 0.129 e. The summed E-state index contributed by atoms with van der Waals surface area (Å²) in [4.78, 5) is 0. The third-order valence-corrected chi connectivity index (χ3v) is 4.13. The first kappa shape index (κ1) is 14.5. The van der Waals surface area contributed by atoms with E-state index in [0.717, 1.165) is 0 Å². The second-order valence-electron chi connectivity index (χ2n) is 5.23. The molecule has 0 radical (unpaired) electrons. The molecular formula is C17H15ClF2O. The Balaban J connectivity index is 1.89. The van der Waals surface area contributed by atoms with E-state index in [4.69, 9.17) is 16.3 Å². The van der Waals surface area contributed by atoms with Crippen LogP contribution in [0.4, 0.5) is 8.78 Å². The van der Waals surface area contributed by atoms with Crippen LogP contribution >= 0.6 is 11.6 Å². The van der Waals surface area contributed by atoms with Gasteiger partial charge in [-0.1, -0.05) is 36.4 Å². The quantitative estimate of drug-likeness (QED) is 0.696. The Hall–Kier alpha value is -1.45. The molecule has 0 spiro atoms. The molecule has 0 saturated carbocycles. The predicted molar refractivity (Wildman–Crippen MR) is 78.2 cm³/mol. The molecule has 1 aliphatic heterocycles. The summed E-state index contributed by atoms with van der Waals surface area (Å²) in [6, 6.07) is 13.0. The molecule has 2 aromatic rings. The molecule has 1 heterocycles. The maximum atomic E-state index is 13.9. The monoisotopic (exact) mass is 308 g/mol. The zero-order chi connectivity index (χ0) is 14.8. The van der Waals surface area contributed by atoms with Gasteiger partial charge >= 0.3 is 0 Å². The highest BCUT2D eigenvalue weighted by molar-refractivity contribution is 6.20. The lowest BCUT2D eigenvalue weighted by Gasteiger charge is -2.33. The zero-order valence-corrected chi connectivity index (χ0v) is 12.1. The first-order chi connectivity index (χ1) is 10.1. The van der Waals surface area contributed by atoms with E-state index in [1.54, 1.807) is 36.4 Å². The lowest BCUT2D eigenvalue weighted by atomic mass is 9.94. The average Bonchev–Trinajstić information content (AvgIpc) is 2.47. The second kappa shape index (κ2) is 6.12. The number of rotatable bonds is 2. The number of ether oxygens (including phenoxy) is 1. The van der Waals surface area contributed by atoms with Crippen molar-refractivity contribution in [1.82, 2.24) is 0 Å². The molecule has 2 aromatic carbocycles. The normalized spacial score (nSPS) is 25.8. The van der Waals surface area contributed by atoms with Crippen LogP contribution in [0.3, 0.4) is 0 Å². The Morgan fingerprint density at radius 2 is 1.24 bits per heavy atom. The highest BCUT2D eigenvalue weighted by Gasteiger charge is 2.32. The smallest absolute Gasteiger partial charge is 0.129 e. The van der Waals surface area contributed by atoms with Gasteiger partial charge in [0, 0.05) is 16.5 Å². The molecule has 0 aliphatic carbocycles. The minimum atomic E-state index is -0.452. The predicted octanol–water partition coefficient (Wildman–Crippen LogP) is 5.17. The zero-order valence-electron chi connectivity index (χ0n) is 11.3. The van der Waals surface area contributed by atoms with Crippen molar-refractivity contribution in [1.29, 1.82) is 0 Å². The van der Waals surface area contributed by atoms with Gasteiger partial charge in [-0.25, -0.2) is 8.78 Å². The summed E-state index contributed by atoms with van der Waals surface area (Å²) in [6.45, 7) is 0. The minimum absolute atomic E-state index is 0.173. The molecule has 3 atom stereocenters. The molecule has 0 N–H and O–H groups in total. The molecule has 4 heteroatoms. The Labute approximate surface area is 127 Å². The Morgan fingerprint density at radius 3 is 1.67 bits per heavy atom. The molecule has 0 aromatic heterocycles. The van der Waals surface area contributed by atoms with E-state index in [-0.39, 0.29) is 17.0 Å². The van der Waals surface area contributed by atoms with Crippen LogP contribution < -0.4 is 0 Å². The lowest BCUT2D eigenvalue weighted by molar-refractivity contribution is -0.0546. The molecule has 1 aliphatic rings. The van der Waals surface area contributed by atoms with Gasteiger partial charge in [0.2, 0.25) is 0 Å². The first-order valence-electron chi connectivity index (χ1n) is 6.93. The summed E-state index contributed by atoms with van der Waals surface area (Å²) < 4.78 is 33.8. The van der Waals surface area contributed by atoms with Crippen LogP contribution in [-0.4, -0.2) is 5.38 Å². The minimum Gasteiger partial charge on any atom is -0.365 e. The van der Waals surface area contributed by atoms with Gasteiger partial charge in [-0.15, -0.1) is 11.6 Å². The first-order valence-corrected chi connectivity index (χ1v) is 7.37. The summed E-state index contributed by atoms with van der Waals surface area (Å²) in [7, 11) is 0. The molecule has 0 bridgehead atoms. The van der Waals surface area contributed by atoms with E-state index in [1.165, 1.54) is 12.1 Å². The van der Waals surface area contributed by atoms with Gasteiger partial charge in [-0.3, -0.25) is 0 Å². The number of benzene rings is 2. The molecule has 3 rings (SSSR count). The summed E-state index contributed by atoms with van der Waals surface area (Å²) in [5.41, 5.74) is 0.952. The van der Waals surface area contributed by atoms with Crippen molar-refractivity contribution in [2.24, 2.45) is 0 Å². The van der Waals surface area contributed by atoms with E-state index in [2.05, 4.69) is 0 Å². The molecule has 21 heavy (non-hydrogen) atoms. The van der Waals surface area contributed by atoms with Crippen LogP contribution in [0.25, 0.3) is 0 Å². The number of alkyl halides is 1. The second-order valence-corrected chi connectivity index (χ2v) is 5.84. The molecule has 1 nitrogen and oxygen atoms in total. The van der Waals surface area contributed by atoms with Crippen molar-refractivity contribution < 1.29 is 13.5 Å². The van der Waals surface area contributed by atoms with Crippen molar-refractivity contribution in [2.75, 3.05) is 0 Å². The van der Waals surface area contributed by atoms with Gasteiger partial charge in [0.1, 0.15) is 11.6 Å². The number of hydrogen-bond acceptors (Lipinski definition) is 1. The van der Waals surface area contributed by atoms with Crippen molar-refractivity contribution in [3.8, 4) is 0 Å². The third kappa shape index (κ3) is 3.09. The average molecular weight is 309 g/mol. The maximum absolute atomic E-state index is 13.9. The van der Waals surface area contributed by atoms with Crippen LogP contribution in [0, 0.1) is 11.6 Å². The fraction of sp³-hybridized carbons (Fsp3) is 0.294. The van der Waals surface area contributed by atoms with Gasteiger partial charge in [0.05, 0.1) is 12.2 Å². The molecule has 110 valence electrons.